The van der Waals surface area contributed by atoms with Gasteiger partial charge in [-0.1, -0.05) is 0 Å². The fourth-order valence-electron chi connectivity index (χ4n) is 3.24. The molecule has 3 nitrogen and oxygen atoms in total. The third kappa shape index (κ3) is 3.92. The van der Waals surface area contributed by atoms with Gasteiger partial charge in [0.25, 0.3) is 0 Å². The number of rotatable bonds is 3. The van der Waals surface area contributed by atoms with Crippen LogP contribution >= 0.6 is 0 Å². The van der Waals surface area contributed by atoms with Crippen molar-refractivity contribution in [3.8, 4) is 0 Å². The van der Waals surface area contributed by atoms with Gasteiger partial charge >= 0.3 is 143 Å². The van der Waals surface area contributed by atoms with Crippen molar-refractivity contribution < 1.29 is 38.8 Å². The second kappa shape index (κ2) is 5.80. The van der Waals surface area contributed by atoms with Gasteiger partial charge in [0, 0.05) is 0 Å². The molecule has 111 valence electrons. The Balaban J connectivity index is 3.11. The van der Waals surface area contributed by atoms with Crippen molar-refractivity contribution in [2.24, 2.45) is 16.7 Å². The normalized spacial score (nSPS) is 24.1. The molecule has 2 amide bonds. The second-order valence-corrected chi connectivity index (χ2v) is 10.1. The monoisotopic (exact) mass is 502 g/mol. The molecule has 0 aromatic carbocycles. The van der Waals surface area contributed by atoms with Crippen LogP contribution in [0.3, 0.4) is 0 Å². The van der Waals surface area contributed by atoms with Crippen LogP contribution in [0.5, 0.6) is 0 Å². The van der Waals surface area contributed by atoms with Gasteiger partial charge in [-0.05, 0) is 0 Å². The van der Waals surface area contributed by atoms with Crippen LogP contribution in [0.4, 0.5) is 0 Å². The minimum atomic E-state index is -0.294. The standard InChI is InChI=1S/C15H27BNO2.U/c1-13(2,3)9-15(7,16)17-11(18)8-10(12(17)19)14(4,5)6;/h10,16H,8-9H2,1-7H3;/q+1;-1. The van der Waals surface area contributed by atoms with E-state index >= 15 is 0 Å². The summed E-state index contributed by atoms with van der Waals surface area (Å²) in [5, 5.41) is 0. The number of carbonyl (C=O) groups excluding carboxylic acids is 2. The van der Waals surface area contributed by atoms with Crippen LogP contribution in [0.1, 0.15) is 61.3 Å². The number of hydrogen-bond acceptors (Lipinski definition) is 2. The molecule has 20 heavy (non-hydrogen) atoms. The first kappa shape index (κ1) is 18.3. The Labute approximate surface area is 142 Å². The van der Waals surface area contributed by atoms with Crippen LogP contribution < -0.4 is 0 Å². The molecule has 0 radical (unpaired) electrons. The third-order valence-electron chi connectivity index (χ3n) is 4.02. The predicted molar refractivity (Wildman–Crippen MR) is 79.0 cm³/mol. The summed E-state index contributed by atoms with van der Waals surface area (Å²) < 4.78 is 0.973. The van der Waals surface area contributed by atoms with Gasteiger partial charge < -0.3 is 0 Å². The third-order valence-corrected chi connectivity index (χ3v) is 7.20. The molecule has 0 aromatic heterocycles. The first-order valence-electron chi connectivity index (χ1n) is 7.33. The number of carbonyl (C=O) groups is 2. The molecule has 0 aromatic rings. The van der Waals surface area contributed by atoms with Gasteiger partial charge in [-0.3, -0.25) is 0 Å². The summed E-state index contributed by atoms with van der Waals surface area (Å²) in [6.07, 6.45) is 1.26. The summed E-state index contributed by atoms with van der Waals surface area (Å²) >= 11 is 0.766. The van der Waals surface area contributed by atoms with Crippen LogP contribution in [0.2, 0.25) is 0 Å². The SMILES string of the molecule is CC(C)(C)CC(C)([BH][U])N1C(=O)CC(C(C)(C)C)C1=O. The van der Waals surface area contributed by atoms with Crippen molar-refractivity contribution in [1.82, 2.24) is 4.90 Å². The molecule has 5 heteroatoms. The van der Waals surface area contributed by atoms with Crippen LogP contribution in [0.15, 0.2) is 0 Å². The van der Waals surface area contributed by atoms with E-state index < -0.39 is 0 Å². The summed E-state index contributed by atoms with van der Waals surface area (Å²) in [5.41, 5.74) is -0.320. The fraction of sp³-hybridized carbons (Fsp3) is 0.867. The number of hydrogen-bond donors (Lipinski definition) is 0. The maximum absolute atomic E-state index is 12.8. The van der Waals surface area contributed by atoms with Crippen molar-refractivity contribution >= 4 is 15.9 Å². The molecule has 1 rings (SSSR count). The van der Waals surface area contributed by atoms with Crippen molar-refractivity contribution in [2.75, 3.05) is 0 Å². The maximum atomic E-state index is 12.8. The summed E-state index contributed by atoms with van der Waals surface area (Å²) in [5.74, 6) is -0.0798. The van der Waals surface area contributed by atoms with Crippen molar-refractivity contribution in [1.29, 1.82) is 0 Å². The first-order valence-corrected chi connectivity index (χ1v) is 10.3. The molecule has 0 bridgehead atoms. The van der Waals surface area contributed by atoms with Gasteiger partial charge in [0.2, 0.25) is 0 Å². The topological polar surface area (TPSA) is 37.4 Å². The van der Waals surface area contributed by atoms with E-state index in [-0.39, 0.29) is 34.0 Å². The summed E-state index contributed by atoms with van der Waals surface area (Å²) in [4.78, 5) is 26.9. The summed E-state index contributed by atoms with van der Waals surface area (Å²) in [7, 11) is 0. The Morgan fingerprint density at radius 3 is 1.95 bits per heavy atom. The van der Waals surface area contributed by atoms with Crippen LogP contribution in [0.25, 0.3) is 0 Å². The molecule has 0 N–H and O–H groups in total. The Kier molecular flexibility index (Phi) is 5.31. The molecule has 0 aliphatic carbocycles. The molecule has 1 heterocycles. The van der Waals surface area contributed by atoms with Crippen LogP contribution in [0, 0.1) is 45.9 Å². The van der Waals surface area contributed by atoms with Gasteiger partial charge in [0.05, 0.1) is 0 Å². The van der Waals surface area contributed by atoms with E-state index in [1.165, 1.54) is 0 Å². The average molecular weight is 502 g/mol. The minimum absolute atomic E-state index is 0.0302. The van der Waals surface area contributed by atoms with Gasteiger partial charge in [-0.15, -0.1) is 0 Å². The molecule has 1 fully saturated rings. The molecule has 1 aliphatic heterocycles. The summed E-state index contributed by atoms with van der Waals surface area (Å²) in [6, 6.07) is 0. The molecule has 0 saturated carbocycles. The van der Waals surface area contributed by atoms with Gasteiger partial charge in [-0.25, -0.2) is 0 Å². The van der Waals surface area contributed by atoms with E-state index in [2.05, 4.69) is 48.5 Å². The zero-order valence-corrected chi connectivity index (χ0v) is 18.1. The Morgan fingerprint density at radius 2 is 1.65 bits per heavy atom. The van der Waals surface area contributed by atoms with E-state index in [0.29, 0.717) is 6.42 Å². The molecule has 1 saturated heterocycles. The molecular weight excluding hydrogens is 475 g/mol. The fourth-order valence-corrected chi connectivity index (χ4v) is 4.42. The van der Waals surface area contributed by atoms with E-state index in [1.807, 2.05) is 0 Å². The van der Waals surface area contributed by atoms with Crippen LogP contribution in [-0.2, 0) is 9.59 Å². The number of amides is 2. The average Bonchev–Trinajstić information content (AvgIpc) is 2.51. The zero-order valence-electron chi connectivity index (χ0n) is 14.0. The van der Waals surface area contributed by atoms with E-state index in [4.69, 9.17) is 0 Å². The molecule has 0 spiro atoms. The van der Waals surface area contributed by atoms with Gasteiger partial charge in [0.15, 0.2) is 0 Å². The Morgan fingerprint density at radius 1 is 1.15 bits per heavy atom. The molecular formula is C15H27BNO2U. The second-order valence-electron chi connectivity index (χ2n) is 8.60. The van der Waals surface area contributed by atoms with Crippen molar-refractivity contribution in [2.45, 2.75) is 66.7 Å². The van der Waals surface area contributed by atoms with Gasteiger partial charge in [-0.2, -0.15) is 0 Å². The Bertz CT molecular complexity index is 411. The van der Waals surface area contributed by atoms with Crippen LogP contribution in [-0.4, -0.2) is 26.2 Å². The first-order chi connectivity index (χ1) is 8.82. The quantitative estimate of drug-likeness (QED) is 0.440. The number of imide groups is 1. The van der Waals surface area contributed by atoms with E-state index in [9.17, 15) is 9.59 Å². The predicted octanol–water partition coefficient (Wildman–Crippen LogP) is 2.46. The van der Waals surface area contributed by atoms with E-state index in [0.717, 1.165) is 39.7 Å². The van der Waals surface area contributed by atoms with E-state index in [1.54, 1.807) is 4.90 Å². The molecule has 2 unspecified atom stereocenters. The number of likely N-dealkylation sites (tertiary alicyclic amines) is 1. The summed E-state index contributed by atoms with van der Waals surface area (Å²) in [6.45, 7) is 14.8. The number of nitrogens with zero attached hydrogens (tertiary/aromatic N) is 1. The molecule has 2 atom stereocenters. The Hall–Kier alpha value is 0.257. The zero-order chi connectivity index (χ0) is 15.9. The van der Waals surface area contributed by atoms with Gasteiger partial charge in [0.1, 0.15) is 0 Å². The molecule has 1 aliphatic rings. The van der Waals surface area contributed by atoms with Crippen molar-refractivity contribution in [3.63, 3.8) is 0 Å². The van der Waals surface area contributed by atoms with Crippen molar-refractivity contribution in [3.05, 3.63) is 0 Å².